The van der Waals surface area contributed by atoms with Gasteiger partial charge in [-0.3, -0.25) is 0 Å². The quantitative estimate of drug-likeness (QED) is 0.119. The van der Waals surface area contributed by atoms with Gasteiger partial charge in [0.05, 0.1) is 0 Å². The summed E-state index contributed by atoms with van der Waals surface area (Å²) in [6.07, 6.45) is 6.58. The summed E-state index contributed by atoms with van der Waals surface area (Å²) >= 11 is 0. The van der Waals surface area contributed by atoms with E-state index in [1.54, 1.807) is 0 Å². The SMILES string of the molecule is CC1(C)c2ccccc2-c2ccc(-c3c4ccccc4c(-c4ccc5c(c4)C(C)(C)c4ccccc4-5)c4cc(-c5ccc(-c6c7c(c(-c8cccc9ccccc89)c8ccccc68)CC=CC7)cc5)ccc34)cc21. The molecule has 0 N–H and O–H groups in total. The smallest absolute Gasteiger partial charge is 0.0159 e. The van der Waals surface area contributed by atoms with Crippen LogP contribution in [0.1, 0.15) is 61.1 Å². The third kappa shape index (κ3) is 6.15. The average Bonchev–Trinajstić information content (AvgIpc) is 3.83. The van der Waals surface area contributed by atoms with E-state index >= 15 is 0 Å². The van der Waals surface area contributed by atoms with Gasteiger partial charge in [0.25, 0.3) is 0 Å². The number of fused-ring (bicyclic) bond motifs is 11. The van der Waals surface area contributed by atoms with Gasteiger partial charge in [0.15, 0.2) is 0 Å². The van der Waals surface area contributed by atoms with Gasteiger partial charge in [-0.15, -0.1) is 0 Å². The Kier molecular flexibility index (Phi) is 9.28. The fourth-order valence-electron chi connectivity index (χ4n) is 14.0. The average molecular weight is 943 g/mol. The molecule has 74 heavy (non-hydrogen) atoms. The van der Waals surface area contributed by atoms with Crippen molar-refractivity contribution >= 4 is 43.1 Å². The summed E-state index contributed by atoms with van der Waals surface area (Å²) in [4.78, 5) is 0. The summed E-state index contributed by atoms with van der Waals surface area (Å²) in [5.74, 6) is 0. The molecule has 0 bridgehead atoms. The molecule has 15 rings (SSSR count). The lowest BCUT2D eigenvalue weighted by Gasteiger charge is -2.25. The third-order valence-corrected chi connectivity index (χ3v) is 17.6. The number of rotatable bonds is 5. The summed E-state index contributed by atoms with van der Waals surface area (Å²) in [6.45, 7) is 9.57. The lowest BCUT2D eigenvalue weighted by Crippen LogP contribution is -2.15. The van der Waals surface area contributed by atoms with Gasteiger partial charge in [-0.25, -0.2) is 0 Å². The highest BCUT2D eigenvalue weighted by molar-refractivity contribution is 6.22. The lowest BCUT2D eigenvalue weighted by atomic mass is 9.79. The Morgan fingerprint density at radius 3 is 1.27 bits per heavy atom. The molecular formula is C74H54. The minimum absolute atomic E-state index is 0.108. The maximum absolute atomic E-state index is 2.51. The molecule has 0 unspecified atom stereocenters. The highest BCUT2D eigenvalue weighted by Gasteiger charge is 2.37. The Hall–Kier alpha value is -8.58. The lowest BCUT2D eigenvalue weighted by molar-refractivity contribution is 0.660. The maximum Gasteiger partial charge on any atom is 0.0159 e. The van der Waals surface area contributed by atoms with E-state index in [-0.39, 0.29) is 10.8 Å². The Morgan fingerprint density at radius 1 is 0.257 bits per heavy atom. The molecule has 12 aromatic carbocycles. The van der Waals surface area contributed by atoms with Crippen molar-refractivity contribution in [2.45, 2.75) is 51.4 Å². The fraction of sp³-hybridized carbons (Fsp3) is 0.108. The maximum atomic E-state index is 2.51. The first-order valence-electron chi connectivity index (χ1n) is 26.5. The second-order valence-corrected chi connectivity index (χ2v) is 22.2. The Labute approximate surface area is 434 Å². The summed E-state index contributed by atoms with van der Waals surface area (Å²) in [5.41, 5.74) is 26.5. The molecule has 0 spiro atoms. The minimum atomic E-state index is -0.119. The molecule has 0 aliphatic heterocycles. The predicted molar refractivity (Wildman–Crippen MR) is 315 cm³/mol. The summed E-state index contributed by atoms with van der Waals surface area (Å²) < 4.78 is 0. The van der Waals surface area contributed by atoms with Crippen molar-refractivity contribution in [2.75, 3.05) is 0 Å². The predicted octanol–water partition coefficient (Wildman–Crippen LogP) is 19.9. The van der Waals surface area contributed by atoms with Crippen molar-refractivity contribution < 1.29 is 0 Å². The van der Waals surface area contributed by atoms with Crippen molar-refractivity contribution in [3.05, 3.63) is 264 Å². The van der Waals surface area contributed by atoms with Crippen molar-refractivity contribution in [1.29, 1.82) is 0 Å². The molecule has 0 nitrogen and oxygen atoms in total. The van der Waals surface area contributed by atoms with Gasteiger partial charge >= 0.3 is 0 Å². The zero-order valence-corrected chi connectivity index (χ0v) is 42.4. The molecule has 0 aromatic heterocycles. The second kappa shape index (κ2) is 16.0. The molecule has 0 heterocycles. The monoisotopic (exact) mass is 942 g/mol. The molecule has 0 radical (unpaired) electrons. The van der Waals surface area contributed by atoms with E-state index in [2.05, 4.69) is 258 Å². The molecule has 0 atom stereocenters. The highest BCUT2D eigenvalue weighted by atomic mass is 14.4. The molecule has 12 aromatic rings. The van der Waals surface area contributed by atoms with Crippen LogP contribution in [-0.4, -0.2) is 0 Å². The van der Waals surface area contributed by atoms with E-state index in [0.717, 1.165) is 12.8 Å². The minimum Gasteiger partial charge on any atom is -0.0838 e. The van der Waals surface area contributed by atoms with Crippen LogP contribution >= 0.6 is 0 Å². The fourth-order valence-corrected chi connectivity index (χ4v) is 14.0. The van der Waals surface area contributed by atoms with Gasteiger partial charge in [0.2, 0.25) is 0 Å². The summed E-state index contributed by atoms with van der Waals surface area (Å²) in [7, 11) is 0. The second-order valence-electron chi connectivity index (χ2n) is 22.2. The van der Waals surface area contributed by atoms with Crippen LogP contribution < -0.4 is 0 Å². The van der Waals surface area contributed by atoms with E-state index in [4.69, 9.17) is 0 Å². The van der Waals surface area contributed by atoms with Crippen molar-refractivity contribution in [3.63, 3.8) is 0 Å². The molecule has 0 amide bonds. The van der Waals surface area contributed by atoms with E-state index in [0.29, 0.717) is 0 Å². The van der Waals surface area contributed by atoms with Crippen molar-refractivity contribution in [2.24, 2.45) is 0 Å². The zero-order chi connectivity index (χ0) is 49.5. The number of hydrogen-bond acceptors (Lipinski definition) is 0. The van der Waals surface area contributed by atoms with E-state index < -0.39 is 0 Å². The van der Waals surface area contributed by atoms with E-state index in [1.807, 2.05) is 0 Å². The molecule has 3 aliphatic carbocycles. The van der Waals surface area contributed by atoms with Gasteiger partial charge in [-0.05, 0) is 185 Å². The number of benzene rings is 12. The number of hydrogen-bond donors (Lipinski definition) is 0. The molecule has 0 saturated carbocycles. The third-order valence-electron chi connectivity index (χ3n) is 17.6. The molecule has 0 heteroatoms. The van der Waals surface area contributed by atoms with Crippen molar-refractivity contribution in [1.82, 2.24) is 0 Å². The molecule has 0 fully saturated rings. The van der Waals surface area contributed by atoms with Crippen LogP contribution in [0.4, 0.5) is 0 Å². The van der Waals surface area contributed by atoms with Crippen LogP contribution in [0.25, 0.3) is 121 Å². The molecule has 350 valence electrons. The highest BCUT2D eigenvalue weighted by Crippen LogP contribution is 2.54. The first-order chi connectivity index (χ1) is 36.2. The van der Waals surface area contributed by atoms with Gasteiger partial charge in [0, 0.05) is 10.8 Å². The van der Waals surface area contributed by atoms with Crippen LogP contribution in [-0.2, 0) is 23.7 Å². The largest absolute Gasteiger partial charge is 0.0838 e. The number of allylic oxidation sites excluding steroid dienone is 2. The van der Waals surface area contributed by atoms with Crippen LogP contribution in [0.15, 0.2) is 231 Å². The van der Waals surface area contributed by atoms with Crippen LogP contribution in [0, 0.1) is 0 Å². The van der Waals surface area contributed by atoms with Crippen LogP contribution in [0.5, 0.6) is 0 Å². The van der Waals surface area contributed by atoms with Gasteiger partial charge in [-0.2, -0.15) is 0 Å². The normalized spacial score (nSPS) is 14.5. The Bertz CT molecular complexity index is 4390. The summed E-state index contributed by atoms with van der Waals surface area (Å²) in [6, 6.07) is 83.2. The van der Waals surface area contributed by atoms with Crippen molar-refractivity contribution in [3.8, 4) is 77.9 Å². The van der Waals surface area contributed by atoms with E-state index in [9.17, 15) is 0 Å². The Balaban J connectivity index is 0.927. The van der Waals surface area contributed by atoms with Gasteiger partial charge in [0.1, 0.15) is 0 Å². The standard InChI is InChI=1S/C74H54/c1-73(2)65-30-15-13-21-52(65)54-39-37-49(43-67(54)73)70-57-23-7-8-24-58(57)71(50-38-40-55-53-22-14-16-31-66(53)74(3,4)68(55)44-50)64-42-48(36-41-63(64)70)45-32-34-47(35-33-45)69-59-25-9-11-27-61(59)72(62-28-12-10-26-60(62)69)56-29-17-19-46-18-5-6-20-51(46)56/h5-25,27,29-44H,26,28H2,1-4H3. The molecule has 0 saturated heterocycles. The first kappa shape index (κ1) is 43.0. The van der Waals surface area contributed by atoms with Crippen LogP contribution in [0.3, 0.4) is 0 Å². The first-order valence-corrected chi connectivity index (χ1v) is 26.5. The molecular weight excluding hydrogens is 889 g/mol. The summed E-state index contributed by atoms with van der Waals surface area (Å²) in [5, 5.41) is 10.3. The molecule has 3 aliphatic rings. The Morgan fingerprint density at radius 2 is 0.662 bits per heavy atom. The van der Waals surface area contributed by atoms with Crippen LogP contribution in [0.2, 0.25) is 0 Å². The van der Waals surface area contributed by atoms with E-state index in [1.165, 1.54) is 154 Å². The topological polar surface area (TPSA) is 0 Å². The van der Waals surface area contributed by atoms with Gasteiger partial charge in [-0.1, -0.05) is 240 Å². The van der Waals surface area contributed by atoms with Gasteiger partial charge < -0.3 is 0 Å². The zero-order valence-electron chi connectivity index (χ0n) is 42.4.